The molecule has 0 aromatic heterocycles. The summed E-state index contributed by atoms with van der Waals surface area (Å²) < 4.78 is 0. The zero-order valence-electron chi connectivity index (χ0n) is 9.03. The molecular weight excluding hydrogens is 144 g/mol. The van der Waals surface area contributed by atoms with Gasteiger partial charge < -0.3 is 0 Å². The summed E-state index contributed by atoms with van der Waals surface area (Å²) in [5, 5.41) is 0. The molecule has 1 aliphatic rings. The van der Waals surface area contributed by atoms with Crippen molar-refractivity contribution in [3.63, 3.8) is 0 Å². The Morgan fingerprint density at radius 2 is 1.83 bits per heavy atom. The summed E-state index contributed by atoms with van der Waals surface area (Å²) in [6.07, 6.45) is 10.2. The molecule has 1 aliphatic carbocycles. The van der Waals surface area contributed by atoms with Crippen LogP contribution in [-0.2, 0) is 0 Å². The van der Waals surface area contributed by atoms with Crippen LogP contribution in [0.5, 0.6) is 0 Å². The molecule has 0 heterocycles. The second kappa shape index (κ2) is 4.30. The minimum atomic E-state index is 0.615. The molecule has 1 rings (SSSR count). The van der Waals surface area contributed by atoms with Gasteiger partial charge in [0.25, 0.3) is 0 Å². The van der Waals surface area contributed by atoms with Crippen LogP contribution < -0.4 is 0 Å². The second-order valence-corrected chi connectivity index (χ2v) is 5.25. The van der Waals surface area contributed by atoms with Crippen molar-refractivity contribution in [2.24, 2.45) is 11.3 Å². The highest BCUT2D eigenvalue weighted by molar-refractivity contribution is 4.75. The monoisotopic (exact) mass is 168 g/mol. The molecule has 0 heteroatoms. The van der Waals surface area contributed by atoms with Crippen molar-refractivity contribution in [1.82, 2.24) is 0 Å². The van der Waals surface area contributed by atoms with Crippen LogP contribution in [0.2, 0.25) is 0 Å². The van der Waals surface area contributed by atoms with Gasteiger partial charge in [-0.15, -0.1) is 0 Å². The van der Waals surface area contributed by atoms with E-state index >= 15 is 0 Å². The van der Waals surface area contributed by atoms with Gasteiger partial charge in [-0.05, 0) is 24.2 Å². The molecule has 0 saturated heterocycles. The molecule has 0 amide bonds. The third-order valence-electron chi connectivity index (χ3n) is 3.09. The summed E-state index contributed by atoms with van der Waals surface area (Å²) in [6, 6.07) is 0. The first kappa shape index (κ1) is 10.1. The van der Waals surface area contributed by atoms with Crippen LogP contribution in [-0.4, -0.2) is 0 Å². The van der Waals surface area contributed by atoms with E-state index in [4.69, 9.17) is 0 Å². The number of rotatable bonds is 6. The molecule has 0 aromatic carbocycles. The first-order valence-electron chi connectivity index (χ1n) is 5.64. The zero-order chi connectivity index (χ0) is 9.03. The molecule has 0 aliphatic heterocycles. The van der Waals surface area contributed by atoms with Crippen molar-refractivity contribution < 1.29 is 0 Å². The van der Waals surface area contributed by atoms with E-state index < -0.39 is 0 Å². The Morgan fingerprint density at radius 3 is 2.33 bits per heavy atom. The van der Waals surface area contributed by atoms with Gasteiger partial charge in [0, 0.05) is 0 Å². The molecule has 12 heavy (non-hydrogen) atoms. The fourth-order valence-corrected chi connectivity index (χ4v) is 2.08. The van der Waals surface area contributed by atoms with Crippen molar-refractivity contribution in [3.05, 3.63) is 0 Å². The van der Waals surface area contributed by atoms with E-state index in [1.807, 2.05) is 0 Å². The average Bonchev–Trinajstić information content (AvgIpc) is 2.70. The Kier molecular flexibility index (Phi) is 3.61. The van der Waals surface area contributed by atoms with E-state index in [-0.39, 0.29) is 0 Å². The molecule has 72 valence electrons. The predicted octanol–water partition coefficient (Wildman–Crippen LogP) is 4.39. The summed E-state index contributed by atoms with van der Waals surface area (Å²) in [7, 11) is 0. The van der Waals surface area contributed by atoms with Crippen molar-refractivity contribution in [3.8, 4) is 0 Å². The van der Waals surface area contributed by atoms with Crippen LogP contribution in [0, 0.1) is 11.3 Å². The van der Waals surface area contributed by atoms with Gasteiger partial charge in [-0.25, -0.2) is 0 Å². The van der Waals surface area contributed by atoms with E-state index in [1.54, 1.807) is 0 Å². The Bertz CT molecular complexity index is 120. The van der Waals surface area contributed by atoms with Crippen LogP contribution in [0.25, 0.3) is 0 Å². The van der Waals surface area contributed by atoms with Crippen molar-refractivity contribution in [2.75, 3.05) is 0 Å². The zero-order valence-corrected chi connectivity index (χ0v) is 9.03. The maximum Gasteiger partial charge on any atom is -0.0354 e. The van der Waals surface area contributed by atoms with Crippen LogP contribution in [0.15, 0.2) is 0 Å². The molecule has 1 fully saturated rings. The molecule has 0 atom stereocenters. The van der Waals surface area contributed by atoms with E-state index in [0.29, 0.717) is 5.41 Å². The highest BCUT2D eigenvalue weighted by Crippen LogP contribution is 2.36. The van der Waals surface area contributed by atoms with Crippen LogP contribution >= 0.6 is 0 Å². The van der Waals surface area contributed by atoms with Gasteiger partial charge in [-0.3, -0.25) is 0 Å². The van der Waals surface area contributed by atoms with E-state index in [9.17, 15) is 0 Å². The Balaban J connectivity index is 2.01. The SMILES string of the molecule is CCCC(C)(C)CCCC1CC1. The lowest BCUT2D eigenvalue weighted by atomic mass is 9.83. The number of hydrogen-bond donors (Lipinski definition) is 0. The molecule has 0 radical (unpaired) electrons. The summed E-state index contributed by atoms with van der Waals surface area (Å²) in [4.78, 5) is 0. The molecular formula is C12H24. The fourth-order valence-electron chi connectivity index (χ4n) is 2.08. The molecule has 0 nitrogen and oxygen atoms in total. The van der Waals surface area contributed by atoms with Crippen LogP contribution in [0.1, 0.15) is 65.7 Å². The third kappa shape index (κ3) is 4.13. The molecule has 0 bridgehead atoms. The van der Waals surface area contributed by atoms with E-state index in [0.717, 1.165) is 5.92 Å². The van der Waals surface area contributed by atoms with Crippen LogP contribution in [0.4, 0.5) is 0 Å². The quantitative estimate of drug-likeness (QED) is 0.551. The fraction of sp³-hybridized carbons (Fsp3) is 1.00. The Morgan fingerprint density at radius 1 is 1.17 bits per heavy atom. The maximum absolute atomic E-state index is 2.42. The second-order valence-electron chi connectivity index (χ2n) is 5.25. The minimum absolute atomic E-state index is 0.615. The number of hydrogen-bond acceptors (Lipinski definition) is 0. The molecule has 0 aromatic rings. The minimum Gasteiger partial charge on any atom is -0.0654 e. The summed E-state index contributed by atoms with van der Waals surface area (Å²) in [5.41, 5.74) is 0.615. The average molecular weight is 168 g/mol. The first-order valence-corrected chi connectivity index (χ1v) is 5.64. The van der Waals surface area contributed by atoms with Crippen molar-refractivity contribution in [2.45, 2.75) is 65.7 Å². The van der Waals surface area contributed by atoms with Gasteiger partial charge in [0.05, 0.1) is 0 Å². The summed E-state index contributed by atoms with van der Waals surface area (Å²) in [6.45, 7) is 7.13. The highest BCUT2D eigenvalue weighted by atomic mass is 14.3. The Hall–Kier alpha value is 0. The smallest absolute Gasteiger partial charge is 0.0354 e. The van der Waals surface area contributed by atoms with Gasteiger partial charge in [-0.1, -0.05) is 52.9 Å². The van der Waals surface area contributed by atoms with Crippen LogP contribution in [0.3, 0.4) is 0 Å². The van der Waals surface area contributed by atoms with E-state index in [2.05, 4.69) is 20.8 Å². The predicted molar refractivity (Wildman–Crippen MR) is 55.3 cm³/mol. The van der Waals surface area contributed by atoms with Gasteiger partial charge in [-0.2, -0.15) is 0 Å². The van der Waals surface area contributed by atoms with E-state index in [1.165, 1.54) is 44.9 Å². The van der Waals surface area contributed by atoms with Gasteiger partial charge in [0.1, 0.15) is 0 Å². The lowest BCUT2D eigenvalue weighted by Crippen LogP contribution is -2.10. The normalized spacial score (nSPS) is 18.2. The van der Waals surface area contributed by atoms with Gasteiger partial charge in [0.15, 0.2) is 0 Å². The van der Waals surface area contributed by atoms with Crippen molar-refractivity contribution >= 4 is 0 Å². The first-order chi connectivity index (χ1) is 5.64. The molecule has 0 N–H and O–H groups in total. The van der Waals surface area contributed by atoms with Gasteiger partial charge >= 0.3 is 0 Å². The molecule has 0 spiro atoms. The Labute approximate surface area is 77.7 Å². The maximum atomic E-state index is 2.42. The summed E-state index contributed by atoms with van der Waals surface area (Å²) in [5.74, 6) is 1.13. The highest BCUT2D eigenvalue weighted by Gasteiger charge is 2.22. The van der Waals surface area contributed by atoms with Gasteiger partial charge in [0.2, 0.25) is 0 Å². The van der Waals surface area contributed by atoms with Crippen molar-refractivity contribution in [1.29, 1.82) is 0 Å². The lowest BCUT2D eigenvalue weighted by molar-refractivity contribution is 0.290. The standard InChI is InChI=1S/C12H24/c1-4-9-12(2,3)10-5-6-11-7-8-11/h11H,4-10H2,1-3H3. The largest absolute Gasteiger partial charge is 0.0654 e. The lowest BCUT2D eigenvalue weighted by Gasteiger charge is -2.23. The third-order valence-corrected chi connectivity index (χ3v) is 3.09. The topological polar surface area (TPSA) is 0 Å². The molecule has 1 saturated carbocycles. The molecule has 0 unspecified atom stereocenters. The summed E-state index contributed by atoms with van der Waals surface area (Å²) >= 11 is 0.